The van der Waals surface area contributed by atoms with E-state index < -0.39 is 21.9 Å². The number of carbonyl (C=O) groups excluding carboxylic acids is 2. The molecule has 1 aromatic heterocycles. The first-order valence-corrected chi connectivity index (χ1v) is 10.7. The zero-order chi connectivity index (χ0) is 19.8. The van der Waals surface area contributed by atoms with Crippen molar-refractivity contribution >= 4 is 38.2 Å². The summed E-state index contributed by atoms with van der Waals surface area (Å²) in [4.78, 5) is 24.7. The monoisotopic (exact) mass is 408 g/mol. The van der Waals surface area contributed by atoms with Crippen LogP contribution in [0.3, 0.4) is 0 Å². The summed E-state index contributed by atoms with van der Waals surface area (Å²) in [5, 5.41) is 0.196. The molecule has 1 aliphatic rings. The molecule has 1 aromatic carbocycles. The number of thiophene rings is 1. The van der Waals surface area contributed by atoms with Crippen LogP contribution in [0.2, 0.25) is 0 Å². The van der Waals surface area contributed by atoms with Crippen molar-refractivity contribution in [3.8, 4) is 0 Å². The minimum atomic E-state index is -4.12. The Hall–Kier alpha value is -2.39. The molecule has 1 amide bonds. The van der Waals surface area contributed by atoms with Gasteiger partial charge in [0.2, 0.25) is 0 Å². The van der Waals surface area contributed by atoms with Crippen molar-refractivity contribution < 1.29 is 22.7 Å². The molecule has 0 saturated carbocycles. The molecule has 1 aliphatic carbocycles. The number of carbonyl (C=O) groups is 2. The molecule has 0 unspecified atom stereocenters. The zero-order valence-corrected chi connectivity index (χ0v) is 16.6. The maximum atomic E-state index is 12.9. The number of sulfonamides is 1. The van der Waals surface area contributed by atoms with Gasteiger partial charge < -0.3 is 10.5 Å². The topological polar surface area (TPSA) is 116 Å². The van der Waals surface area contributed by atoms with Crippen molar-refractivity contribution in [1.29, 1.82) is 0 Å². The van der Waals surface area contributed by atoms with Gasteiger partial charge in [0.1, 0.15) is 9.90 Å². The Bertz CT molecular complexity index is 1010. The lowest BCUT2D eigenvalue weighted by Crippen LogP contribution is -2.21. The van der Waals surface area contributed by atoms with Crippen LogP contribution in [-0.4, -0.2) is 27.4 Å². The van der Waals surface area contributed by atoms with Gasteiger partial charge in [-0.15, -0.1) is 11.3 Å². The minimum Gasteiger partial charge on any atom is -0.465 e. The van der Waals surface area contributed by atoms with E-state index in [0.29, 0.717) is 12.3 Å². The van der Waals surface area contributed by atoms with Crippen molar-refractivity contribution in [2.45, 2.75) is 31.1 Å². The Morgan fingerprint density at radius 1 is 1.30 bits per heavy atom. The number of nitrogens with two attached hydrogens (primary N) is 1. The molecule has 7 nitrogen and oxygen atoms in total. The number of esters is 1. The molecule has 0 radical (unpaired) electrons. The van der Waals surface area contributed by atoms with E-state index in [1.807, 2.05) is 0 Å². The summed E-state index contributed by atoms with van der Waals surface area (Å²) < 4.78 is 33.0. The fourth-order valence-electron chi connectivity index (χ4n) is 3.24. The number of amides is 1. The number of anilines is 1. The quantitative estimate of drug-likeness (QED) is 0.738. The van der Waals surface area contributed by atoms with Crippen LogP contribution < -0.4 is 10.5 Å². The van der Waals surface area contributed by atoms with Crippen LogP contribution in [0.25, 0.3) is 0 Å². The summed E-state index contributed by atoms with van der Waals surface area (Å²) in [5.41, 5.74) is 6.50. The second kappa shape index (κ2) is 7.32. The number of rotatable bonds is 5. The van der Waals surface area contributed by atoms with Gasteiger partial charge in [-0.3, -0.25) is 9.52 Å². The van der Waals surface area contributed by atoms with E-state index in [9.17, 15) is 18.0 Å². The van der Waals surface area contributed by atoms with E-state index in [1.165, 1.54) is 36.6 Å². The number of primary amides is 1. The Kier molecular flexibility index (Phi) is 5.25. The van der Waals surface area contributed by atoms with Gasteiger partial charge in [0.05, 0.1) is 18.2 Å². The highest BCUT2D eigenvalue weighted by Crippen LogP contribution is 2.40. The van der Waals surface area contributed by atoms with E-state index in [0.717, 1.165) is 23.3 Å². The first-order chi connectivity index (χ1) is 12.7. The van der Waals surface area contributed by atoms with Crippen molar-refractivity contribution in [2.24, 2.45) is 11.7 Å². The van der Waals surface area contributed by atoms with Gasteiger partial charge >= 0.3 is 5.97 Å². The Morgan fingerprint density at radius 2 is 2.00 bits per heavy atom. The molecule has 1 atom stereocenters. The van der Waals surface area contributed by atoms with Crippen LogP contribution in [-0.2, 0) is 27.6 Å². The first-order valence-electron chi connectivity index (χ1n) is 8.39. The largest absolute Gasteiger partial charge is 0.465 e. The van der Waals surface area contributed by atoms with E-state index in [2.05, 4.69) is 16.4 Å². The summed E-state index contributed by atoms with van der Waals surface area (Å²) in [6.45, 7) is 2.11. The highest BCUT2D eigenvalue weighted by atomic mass is 32.2. The minimum absolute atomic E-state index is 0.0805. The number of ether oxygens (including phenoxy) is 1. The van der Waals surface area contributed by atoms with Crippen LogP contribution in [0.5, 0.6) is 0 Å². The van der Waals surface area contributed by atoms with E-state index in [4.69, 9.17) is 5.73 Å². The molecule has 3 N–H and O–H groups in total. The smallest absolute Gasteiger partial charge is 0.339 e. The molecule has 0 aliphatic heterocycles. The number of hydrogen-bond donors (Lipinski definition) is 2. The summed E-state index contributed by atoms with van der Waals surface area (Å²) in [6.07, 6.45) is 2.38. The lowest BCUT2D eigenvalue weighted by molar-refractivity contribution is 0.0596. The molecule has 27 heavy (non-hydrogen) atoms. The second-order valence-electron chi connectivity index (χ2n) is 6.51. The van der Waals surface area contributed by atoms with Crippen molar-refractivity contribution in [1.82, 2.24) is 0 Å². The van der Waals surface area contributed by atoms with Gasteiger partial charge in [-0.2, -0.15) is 0 Å². The molecular formula is C18H20N2O5S2. The Morgan fingerprint density at radius 3 is 2.67 bits per heavy atom. The molecule has 0 bridgehead atoms. The molecule has 1 heterocycles. The summed E-state index contributed by atoms with van der Waals surface area (Å²) in [6, 6.07) is 5.74. The predicted octanol–water partition coefficient (Wildman–Crippen LogP) is 2.56. The zero-order valence-electron chi connectivity index (χ0n) is 14.9. The average Bonchev–Trinajstić information content (AvgIpc) is 2.97. The van der Waals surface area contributed by atoms with E-state index in [1.54, 1.807) is 6.07 Å². The van der Waals surface area contributed by atoms with Crippen LogP contribution in [0.1, 0.15) is 44.5 Å². The molecule has 3 rings (SSSR count). The normalized spacial score (nSPS) is 16.4. The van der Waals surface area contributed by atoms with Gasteiger partial charge in [-0.05, 0) is 42.9 Å². The number of benzene rings is 1. The van der Waals surface area contributed by atoms with Crippen molar-refractivity contribution in [3.05, 3.63) is 45.8 Å². The van der Waals surface area contributed by atoms with Gasteiger partial charge in [0.15, 0.2) is 0 Å². The van der Waals surface area contributed by atoms with Crippen LogP contribution >= 0.6 is 11.3 Å². The van der Waals surface area contributed by atoms with Crippen LogP contribution in [0, 0.1) is 5.92 Å². The molecule has 9 heteroatoms. The van der Waals surface area contributed by atoms with Gasteiger partial charge in [0, 0.05) is 4.88 Å². The third-order valence-corrected chi connectivity index (χ3v) is 7.27. The Labute approximate surface area is 161 Å². The summed E-state index contributed by atoms with van der Waals surface area (Å²) >= 11 is 1.23. The third-order valence-electron chi connectivity index (χ3n) is 4.57. The third kappa shape index (κ3) is 3.70. The Balaban J connectivity index is 2.05. The highest BCUT2D eigenvalue weighted by molar-refractivity contribution is 7.93. The standard InChI is InChI=1S/C18H20N2O5S2/c1-10-7-8-11-13(9-10)26-17(15(11)16(19)21)20-27(23,24)14-6-4-3-5-12(14)18(22)25-2/h3-6,10,20H,7-9H2,1-2H3,(H2,19,21)/t10-/m0/s1. The van der Waals surface area contributed by atoms with Gasteiger partial charge in [-0.25, -0.2) is 13.2 Å². The number of methoxy groups -OCH3 is 1. The van der Waals surface area contributed by atoms with E-state index in [-0.39, 0.29) is 21.0 Å². The molecule has 0 saturated heterocycles. The first kappa shape index (κ1) is 19.4. The van der Waals surface area contributed by atoms with Crippen LogP contribution in [0.4, 0.5) is 5.00 Å². The predicted molar refractivity (Wildman–Crippen MR) is 103 cm³/mol. The summed E-state index contributed by atoms with van der Waals surface area (Å²) in [7, 11) is -2.94. The molecule has 2 aromatic rings. The second-order valence-corrected chi connectivity index (χ2v) is 9.27. The van der Waals surface area contributed by atoms with Gasteiger partial charge in [-0.1, -0.05) is 19.1 Å². The van der Waals surface area contributed by atoms with Gasteiger partial charge in [0.25, 0.3) is 15.9 Å². The fraction of sp³-hybridized carbons (Fsp3) is 0.333. The highest BCUT2D eigenvalue weighted by Gasteiger charge is 2.30. The molecular weight excluding hydrogens is 388 g/mol. The lowest BCUT2D eigenvalue weighted by Gasteiger charge is -2.18. The molecule has 0 spiro atoms. The van der Waals surface area contributed by atoms with Crippen molar-refractivity contribution in [2.75, 3.05) is 11.8 Å². The van der Waals surface area contributed by atoms with Crippen LogP contribution in [0.15, 0.2) is 29.2 Å². The molecule has 144 valence electrons. The van der Waals surface area contributed by atoms with Crippen molar-refractivity contribution in [3.63, 3.8) is 0 Å². The SMILES string of the molecule is COC(=O)c1ccccc1S(=O)(=O)Nc1sc2c(c1C(N)=O)CC[C@H](C)C2. The molecule has 0 fully saturated rings. The maximum Gasteiger partial charge on any atom is 0.339 e. The number of nitrogens with one attached hydrogen (secondary N) is 1. The fourth-order valence-corrected chi connectivity index (χ4v) is 6.16. The maximum absolute atomic E-state index is 12.9. The summed E-state index contributed by atoms with van der Waals surface area (Å²) in [5.74, 6) is -0.965. The number of hydrogen-bond acceptors (Lipinski definition) is 6. The van der Waals surface area contributed by atoms with E-state index >= 15 is 0 Å². The number of fused-ring (bicyclic) bond motifs is 1. The lowest BCUT2D eigenvalue weighted by atomic mass is 9.88. The average molecular weight is 409 g/mol.